The minimum absolute atomic E-state index is 0.169. The largest absolute Gasteiger partial charge is 0.472 e. The predicted molar refractivity (Wildman–Crippen MR) is 47.3 cm³/mol. The van der Waals surface area contributed by atoms with Crippen LogP contribution in [0, 0.1) is 4.91 Å². The smallest absolute Gasteiger partial charge is 0.302 e. The van der Waals surface area contributed by atoms with Gasteiger partial charge in [0.05, 0.1) is 12.2 Å². The van der Waals surface area contributed by atoms with Gasteiger partial charge in [-0.05, 0) is 20.8 Å². The van der Waals surface area contributed by atoms with Gasteiger partial charge in [-0.25, -0.2) is 4.57 Å². The third-order valence-electron chi connectivity index (χ3n) is 0.826. The molecule has 0 aromatic carbocycles. The summed E-state index contributed by atoms with van der Waals surface area (Å²) in [5, 5.41) is 2.47. The fourth-order valence-electron chi connectivity index (χ4n) is 0.566. The Labute approximate surface area is 76.8 Å². The van der Waals surface area contributed by atoms with Crippen molar-refractivity contribution < 1.29 is 18.5 Å². The molecule has 0 fully saturated rings. The molecule has 78 valence electrons. The average Bonchev–Trinajstić information content (AvgIpc) is 1.81. The van der Waals surface area contributed by atoms with Crippen molar-refractivity contribution in [3.8, 4) is 0 Å². The van der Waals surface area contributed by atoms with Crippen LogP contribution >= 0.6 is 7.82 Å². The summed E-state index contributed by atoms with van der Waals surface area (Å²) in [6.45, 7) is 4.48. The molecule has 0 aliphatic heterocycles. The maximum atomic E-state index is 11.1. The van der Waals surface area contributed by atoms with Crippen molar-refractivity contribution in [1.29, 1.82) is 0 Å². The molecule has 0 bridgehead atoms. The van der Waals surface area contributed by atoms with Crippen molar-refractivity contribution in [1.82, 2.24) is 0 Å². The van der Waals surface area contributed by atoms with E-state index in [0.717, 1.165) is 0 Å². The van der Waals surface area contributed by atoms with E-state index in [0.29, 0.717) is 0 Å². The molecule has 0 aliphatic rings. The highest BCUT2D eigenvalue weighted by Gasteiger charge is 2.28. The van der Waals surface area contributed by atoms with Crippen LogP contribution in [-0.2, 0) is 13.6 Å². The van der Waals surface area contributed by atoms with E-state index in [2.05, 4.69) is 9.70 Å². The third kappa shape index (κ3) is 8.05. The maximum absolute atomic E-state index is 11.1. The summed E-state index contributed by atoms with van der Waals surface area (Å²) >= 11 is 0. The molecule has 6 nitrogen and oxygen atoms in total. The van der Waals surface area contributed by atoms with E-state index >= 15 is 0 Å². The first kappa shape index (κ1) is 12.7. The van der Waals surface area contributed by atoms with Crippen LogP contribution in [0.25, 0.3) is 0 Å². The molecule has 0 amide bonds. The second-order valence-corrected chi connectivity index (χ2v) is 4.74. The van der Waals surface area contributed by atoms with Crippen molar-refractivity contribution >= 4 is 7.82 Å². The summed E-state index contributed by atoms with van der Waals surface area (Å²) in [6.07, 6.45) is 0. The average molecular weight is 211 g/mol. The van der Waals surface area contributed by atoms with Gasteiger partial charge in [-0.15, -0.1) is 0 Å². The van der Waals surface area contributed by atoms with E-state index < -0.39 is 13.4 Å². The predicted octanol–water partition coefficient (Wildman–Crippen LogP) is 1.68. The minimum Gasteiger partial charge on any atom is -0.302 e. The van der Waals surface area contributed by atoms with Crippen molar-refractivity contribution in [2.45, 2.75) is 26.4 Å². The molecular formula is C6H14NO5P. The molecule has 1 atom stereocenters. The van der Waals surface area contributed by atoms with Gasteiger partial charge >= 0.3 is 7.82 Å². The summed E-state index contributed by atoms with van der Waals surface area (Å²) in [4.78, 5) is 18.7. The number of rotatable bonds is 5. The van der Waals surface area contributed by atoms with E-state index in [1.807, 2.05) is 0 Å². The Morgan fingerprint density at radius 1 is 1.46 bits per heavy atom. The van der Waals surface area contributed by atoms with E-state index in [1.165, 1.54) is 0 Å². The van der Waals surface area contributed by atoms with Crippen LogP contribution in [0.4, 0.5) is 0 Å². The highest BCUT2D eigenvalue weighted by Crippen LogP contribution is 2.46. The molecule has 13 heavy (non-hydrogen) atoms. The van der Waals surface area contributed by atoms with E-state index in [9.17, 15) is 9.47 Å². The highest BCUT2D eigenvalue weighted by atomic mass is 31.2. The summed E-state index contributed by atoms with van der Waals surface area (Å²) < 4.78 is 20.2. The lowest BCUT2D eigenvalue weighted by Gasteiger charge is -2.22. The molecule has 1 N–H and O–H groups in total. The first-order valence-electron chi connectivity index (χ1n) is 3.74. The zero-order valence-corrected chi connectivity index (χ0v) is 8.78. The zero-order chi connectivity index (χ0) is 10.5. The summed E-state index contributed by atoms with van der Waals surface area (Å²) in [7, 11) is -4.04. The molecule has 1 unspecified atom stereocenters. The molecule has 0 saturated carbocycles. The molecular weight excluding hydrogens is 197 g/mol. The molecule has 0 aromatic heterocycles. The minimum atomic E-state index is -4.04. The normalized spacial score (nSPS) is 16.6. The number of phosphoric acid groups is 1. The molecule has 0 aliphatic carbocycles. The van der Waals surface area contributed by atoms with Gasteiger partial charge in [-0.2, -0.15) is 4.91 Å². The van der Waals surface area contributed by atoms with Gasteiger partial charge in [-0.1, -0.05) is 5.18 Å². The fraction of sp³-hybridized carbons (Fsp3) is 1.00. The van der Waals surface area contributed by atoms with Gasteiger partial charge in [0.2, 0.25) is 0 Å². The lowest BCUT2D eigenvalue weighted by atomic mass is 10.2. The Morgan fingerprint density at radius 3 is 2.38 bits per heavy atom. The number of nitroso groups, excluding NO2 is 1. The second kappa shape index (κ2) is 4.81. The fourth-order valence-corrected chi connectivity index (χ4v) is 1.62. The third-order valence-corrected chi connectivity index (χ3v) is 2.11. The quantitative estimate of drug-likeness (QED) is 0.424. The Morgan fingerprint density at radius 2 is 2.00 bits per heavy atom. The van der Waals surface area contributed by atoms with Crippen LogP contribution < -0.4 is 0 Å². The molecule has 0 saturated heterocycles. The van der Waals surface area contributed by atoms with Gasteiger partial charge < -0.3 is 4.89 Å². The van der Waals surface area contributed by atoms with Gasteiger partial charge in [0, 0.05) is 0 Å². The lowest BCUT2D eigenvalue weighted by Crippen LogP contribution is -2.18. The second-order valence-electron chi connectivity index (χ2n) is 3.36. The van der Waals surface area contributed by atoms with E-state index in [1.54, 1.807) is 20.8 Å². The number of hydrogen-bond donors (Lipinski definition) is 1. The van der Waals surface area contributed by atoms with Crippen molar-refractivity contribution in [3.05, 3.63) is 4.91 Å². The maximum Gasteiger partial charge on any atom is 0.472 e. The number of nitrogens with zero attached hydrogens (tertiary/aromatic N) is 1. The van der Waals surface area contributed by atoms with Crippen LogP contribution in [0.3, 0.4) is 0 Å². The summed E-state index contributed by atoms with van der Waals surface area (Å²) in [5.74, 6) is 0. The molecule has 0 heterocycles. The SMILES string of the molecule is CC(C)(C)OP(=O)(O)OCCN=O. The zero-order valence-electron chi connectivity index (χ0n) is 7.89. The Bertz CT molecular complexity index is 212. The Balaban J connectivity index is 3.94. The monoisotopic (exact) mass is 211 g/mol. The summed E-state index contributed by atoms with van der Waals surface area (Å²) in [5.41, 5.74) is -0.765. The molecule has 0 aromatic rings. The standard InChI is InChI=1S/C6H14NO5P/c1-6(2,3)12-13(9,10)11-5-4-7-8/h4-5H2,1-3H3,(H,9,10). The van der Waals surface area contributed by atoms with Crippen LogP contribution in [0.1, 0.15) is 20.8 Å². The lowest BCUT2D eigenvalue weighted by molar-refractivity contribution is 0.0630. The first-order chi connectivity index (χ1) is 5.77. The summed E-state index contributed by atoms with van der Waals surface area (Å²) in [6, 6.07) is 0. The van der Waals surface area contributed by atoms with E-state index in [-0.39, 0.29) is 13.2 Å². The van der Waals surface area contributed by atoms with Gasteiger partial charge in [-0.3, -0.25) is 9.05 Å². The van der Waals surface area contributed by atoms with Gasteiger partial charge in [0.15, 0.2) is 0 Å². The van der Waals surface area contributed by atoms with Crippen LogP contribution in [0.5, 0.6) is 0 Å². The van der Waals surface area contributed by atoms with E-state index in [4.69, 9.17) is 9.42 Å². The van der Waals surface area contributed by atoms with Crippen LogP contribution in [0.15, 0.2) is 5.18 Å². The topological polar surface area (TPSA) is 85.2 Å². The van der Waals surface area contributed by atoms with Gasteiger partial charge in [0.25, 0.3) is 0 Å². The van der Waals surface area contributed by atoms with Crippen molar-refractivity contribution in [2.24, 2.45) is 5.18 Å². The molecule has 0 radical (unpaired) electrons. The number of hydrogen-bond acceptors (Lipinski definition) is 5. The first-order valence-corrected chi connectivity index (χ1v) is 5.23. The Hall–Kier alpha value is -0.290. The molecule has 0 rings (SSSR count). The number of phosphoric ester groups is 1. The molecule has 7 heteroatoms. The van der Waals surface area contributed by atoms with Crippen molar-refractivity contribution in [2.75, 3.05) is 13.2 Å². The molecule has 0 spiro atoms. The highest BCUT2D eigenvalue weighted by molar-refractivity contribution is 7.47. The van der Waals surface area contributed by atoms with Gasteiger partial charge in [0.1, 0.15) is 6.54 Å². The van der Waals surface area contributed by atoms with Crippen molar-refractivity contribution in [3.63, 3.8) is 0 Å². The van der Waals surface area contributed by atoms with Crippen LogP contribution in [0.2, 0.25) is 0 Å². The Kier molecular flexibility index (Phi) is 4.70. The van der Waals surface area contributed by atoms with Crippen LogP contribution in [-0.4, -0.2) is 23.6 Å².